The van der Waals surface area contributed by atoms with Gasteiger partial charge in [0.1, 0.15) is 0 Å². The van der Waals surface area contributed by atoms with E-state index in [0.29, 0.717) is 0 Å². The third kappa shape index (κ3) is 1.41. The Balaban J connectivity index is 2.30. The van der Waals surface area contributed by atoms with Crippen LogP contribution in [-0.4, -0.2) is 5.11 Å². The van der Waals surface area contributed by atoms with Crippen LogP contribution in [0.25, 0.3) is 0 Å². The highest BCUT2D eigenvalue weighted by Crippen LogP contribution is 2.50. The first kappa shape index (κ1) is 10.2. The summed E-state index contributed by atoms with van der Waals surface area (Å²) < 4.78 is 0. The van der Waals surface area contributed by atoms with E-state index in [-0.39, 0.29) is 11.5 Å². The lowest BCUT2D eigenvalue weighted by atomic mass is 9.81. The molecule has 0 fully saturated rings. The topological polar surface area (TPSA) is 20.2 Å². The molecule has 2 unspecified atom stereocenters. The average Bonchev–Trinajstić information content (AvgIpc) is 2.53. The molecule has 0 saturated carbocycles. The van der Waals surface area contributed by atoms with E-state index in [2.05, 4.69) is 26.8 Å². The van der Waals surface area contributed by atoms with Crippen LogP contribution in [0.4, 0.5) is 0 Å². The maximum atomic E-state index is 10.3. The smallest absolute Gasteiger partial charge is 0.0857 e. The van der Waals surface area contributed by atoms with Crippen LogP contribution >= 0.6 is 11.3 Å². The first-order chi connectivity index (χ1) is 6.57. The van der Waals surface area contributed by atoms with Crippen molar-refractivity contribution < 1.29 is 5.11 Å². The zero-order valence-corrected chi connectivity index (χ0v) is 9.95. The predicted molar refractivity (Wildman–Crippen MR) is 60.7 cm³/mol. The fraction of sp³-hybridized carbons (Fsp3) is 0.667. The van der Waals surface area contributed by atoms with Crippen molar-refractivity contribution in [1.82, 2.24) is 0 Å². The molecule has 0 bridgehead atoms. The van der Waals surface area contributed by atoms with Crippen LogP contribution in [0.2, 0.25) is 0 Å². The van der Waals surface area contributed by atoms with Gasteiger partial charge in [-0.05, 0) is 31.4 Å². The summed E-state index contributed by atoms with van der Waals surface area (Å²) in [6.45, 7) is 6.52. The molecule has 1 N–H and O–H groups in total. The predicted octanol–water partition coefficient (Wildman–Crippen LogP) is 3.45. The normalized spacial score (nSPS) is 30.7. The molecule has 1 aromatic rings. The first-order valence-corrected chi connectivity index (χ1v) is 6.16. The highest BCUT2D eigenvalue weighted by atomic mass is 32.1. The summed E-state index contributed by atoms with van der Waals surface area (Å²) in [4.78, 5) is 2.73. The number of hydrogen-bond donors (Lipinski definition) is 1. The van der Waals surface area contributed by atoms with Gasteiger partial charge in [0.15, 0.2) is 0 Å². The summed E-state index contributed by atoms with van der Waals surface area (Å²) in [5.74, 6) is 0. The third-order valence-electron chi connectivity index (χ3n) is 3.31. The Morgan fingerprint density at radius 3 is 2.93 bits per heavy atom. The van der Waals surface area contributed by atoms with E-state index in [1.165, 1.54) is 15.3 Å². The van der Waals surface area contributed by atoms with Gasteiger partial charge in [-0.15, -0.1) is 11.3 Å². The maximum absolute atomic E-state index is 10.3. The summed E-state index contributed by atoms with van der Waals surface area (Å²) in [6, 6.07) is 2.16. The minimum Gasteiger partial charge on any atom is -0.388 e. The molecule has 14 heavy (non-hydrogen) atoms. The molecule has 0 aliphatic heterocycles. The van der Waals surface area contributed by atoms with Crippen LogP contribution in [0.5, 0.6) is 0 Å². The summed E-state index contributed by atoms with van der Waals surface area (Å²) in [7, 11) is 0. The number of aliphatic hydroxyl groups is 1. The van der Waals surface area contributed by atoms with Crippen molar-refractivity contribution in [2.75, 3.05) is 0 Å². The van der Waals surface area contributed by atoms with Crippen molar-refractivity contribution in [3.63, 3.8) is 0 Å². The Hall–Kier alpha value is -0.340. The van der Waals surface area contributed by atoms with Crippen LogP contribution in [0, 0.1) is 12.3 Å². The number of aliphatic hydroxyl groups excluding tert-OH is 1. The molecule has 2 atom stereocenters. The minimum absolute atomic E-state index is 0.101. The Morgan fingerprint density at radius 1 is 1.64 bits per heavy atom. The van der Waals surface area contributed by atoms with Crippen molar-refractivity contribution in [3.8, 4) is 0 Å². The van der Waals surface area contributed by atoms with E-state index in [4.69, 9.17) is 0 Å². The van der Waals surface area contributed by atoms with Gasteiger partial charge in [-0.3, -0.25) is 0 Å². The highest BCUT2D eigenvalue weighted by molar-refractivity contribution is 7.12. The van der Waals surface area contributed by atoms with Gasteiger partial charge >= 0.3 is 0 Å². The maximum Gasteiger partial charge on any atom is 0.0857 e. The zero-order valence-electron chi connectivity index (χ0n) is 9.13. The lowest BCUT2D eigenvalue weighted by Crippen LogP contribution is -2.21. The third-order valence-corrected chi connectivity index (χ3v) is 4.37. The molecular weight excluding hydrogens is 192 g/mol. The monoisotopic (exact) mass is 210 g/mol. The molecule has 1 nitrogen and oxygen atoms in total. The van der Waals surface area contributed by atoms with E-state index >= 15 is 0 Å². The van der Waals surface area contributed by atoms with E-state index in [1.54, 1.807) is 0 Å². The van der Waals surface area contributed by atoms with Crippen molar-refractivity contribution >= 4 is 11.3 Å². The summed E-state index contributed by atoms with van der Waals surface area (Å²) >= 11 is 1.85. The molecule has 1 aliphatic carbocycles. The van der Waals surface area contributed by atoms with Crippen molar-refractivity contribution in [2.45, 2.75) is 46.1 Å². The molecule has 1 aliphatic rings. The standard InChI is InChI=1S/C12H18OS/c1-4-5-12(3)7-10-9(11(12)13)6-8(2)14-10/h6,11,13H,4-5,7H2,1-3H3. The highest BCUT2D eigenvalue weighted by Gasteiger charge is 2.41. The van der Waals surface area contributed by atoms with E-state index in [9.17, 15) is 5.11 Å². The van der Waals surface area contributed by atoms with Gasteiger partial charge in [0.05, 0.1) is 6.10 Å². The SMILES string of the molecule is CCCC1(C)Cc2sc(C)cc2C1O. The van der Waals surface area contributed by atoms with E-state index in [0.717, 1.165) is 19.3 Å². The van der Waals surface area contributed by atoms with Crippen molar-refractivity contribution in [1.29, 1.82) is 0 Å². The molecule has 1 aromatic heterocycles. The second kappa shape index (κ2) is 3.35. The number of hydrogen-bond acceptors (Lipinski definition) is 2. The minimum atomic E-state index is -0.234. The van der Waals surface area contributed by atoms with Gasteiger partial charge < -0.3 is 5.11 Å². The molecule has 1 heterocycles. The molecule has 0 radical (unpaired) electrons. The number of thiophene rings is 1. The van der Waals surface area contributed by atoms with Gasteiger partial charge in [0.25, 0.3) is 0 Å². The molecular formula is C12H18OS. The average molecular weight is 210 g/mol. The summed E-state index contributed by atoms with van der Waals surface area (Å²) in [5.41, 5.74) is 1.30. The first-order valence-electron chi connectivity index (χ1n) is 5.34. The molecule has 0 spiro atoms. The van der Waals surface area contributed by atoms with Crippen LogP contribution in [0.3, 0.4) is 0 Å². The van der Waals surface area contributed by atoms with Gasteiger partial charge in [-0.2, -0.15) is 0 Å². The quantitative estimate of drug-likeness (QED) is 0.792. The van der Waals surface area contributed by atoms with Crippen LogP contribution in [-0.2, 0) is 6.42 Å². The Bertz CT molecular complexity index is 342. The lowest BCUT2D eigenvalue weighted by molar-refractivity contribution is 0.0455. The fourth-order valence-corrected chi connectivity index (χ4v) is 3.85. The molecule has 78 valence electrons. The van der Waals surface area contributed by atoms with Gasteiger partial charge in [0.2, 0.25) is 0 Å². The Morgan fingerprint density at radius 2 is 2.36 bits per heavy atom. The van der Waals surface area contributed by atoms with Gasteiger partial charge in [-0.25, -0.2) is 0 Å². The molecule has 0 aromatic carbocycles. The van der Waals surface area contributed by atoms with E-state index < -0.39 is 0 Å². The number of fused-ring (bicyclic) bond motifs is 1. The second-order valence-electron chi connectivity index (χ2n) is 4.72. The molecule has 0 saturated heterocycles. The zero-order chi connectivity index (χ0) is 10.3. The number of aryl methyl sites for hydroxylation is 1. The Kier molecular flexibility index (Phi) is 2.44. The summed E-state index contributed by atoms with van der Waals surface area (Å²) in [6.07, 6.45) is 3.11. The second-order valence-corrected chi connectivity index (χ2v) is 6.06. The fourth-order valence-electron chi connectivity index (χ4n) is 2.59. The van der Waals surface area contributed by atoms with Crippen LogP contribution in [0.1, 0.15) is 48.1 Å². The molecule has 2 heteroatoms. The summed E-state index contributed by atoms with van der Waals surface area (Å²) in [5, 5.41) is 10.3. The van der Waals surface area contributed by atoms with E-state index in [1.807, 2.05) is 11.3 Å². The lowest BCUT2D eigenvalue weighted by Gasteiger charge is -2.27. The largest absolute Gasteiger partial charge is 0.388 e. The van der Waals surface area contributed by atoms with Crippen molar-refractivity contribution in [3.05, 3.63) is 21.4 Å². The van der Waals surface area contributed by atoms with Gasteiger partial charge in [0, 0.05) is 15.2 Å². The van der Waals surface area contributed by atoms with Crippen LogP contribution < -0.4 is 0 Å². The van der Waals surface area contributed by atoms with Gasteiger partial charge in [-0.1, -0.05) is 20.3 Å². The molecule has 2 rings (SSSR count). The molecule has 0 amide bonds. The van der Waals surface area contributed by atoms with Crippen LogP contribution in [0.15, 0.2) is 6.07 Å². The van der Waals surface area contributed by atoms with Crippen molar-refractivity contribution in [2.24, 2.45) is 5.41 Å². The number of rotatable bonds is 2. The Labute approximate surface area is 89.8 Å².